The summed E-state index contributed by atoms with van der Waals surface area (Å²) in [7, 11) is 2.03. The van der Waals surface area contributed by atoms with E-state index in [1.807, 2.05) is 31.0 Å². The molecule has 0 saturated carbocycles. The third-order valence-corrected chi connectivity index (χ3v) is 7.99. The molecule has 3 amide bonds. The molecule has 1 aromatic carbocycles. The predicted molar refractivity (Wildman–Crippen MR) is 148 cm³/mol. The summed E-state index contributed by atoms with van der Waals surface area (Å²) >= 11 is 1.70. The van der Waals surface area contributed by atoms with E-state index in [1.54, 1.807) is 35.7 Å². The maximum absolute atomic E-state index is 12.5. The third-order valence-electron chi connectivity index (χ3n) is 6.54. The van der Waals surface area contributed by atoms with Crippen LogP contribution in [0.1, 0.15) is 41.8 Å². The summed E-state index contributed by atoms with van der Waals surface area (Å²) in [6.07, 6.45) is 5.07. The average Bonchev–Trinajstić information content (AvgIpc) is 3.24. The first-order chi connectivity index (χ1) is 17.8. The molecule has 37 heavy (non-hydrogen) atoms. The number of benzene rings is 1. The van der Waals surface area contributed by atoms with Crippen molar-refractivity contribution in [2.45, 2.75) is 32.7 Å². The van der Waals surface area contributed by atoms with Gasteiger partial charge in [0.15, 0.2) is 0 Å². The molecule has 4 rings (SSSR count). The van der Waals surface area contributed by atoms with Gasteiger partial charge in [-0.1, -0.05) is 18.2 Å². The molecule has 3 aromatic rings. The van der Waals surface area contributed by atoms with Crippen LogP contribution in [0.3, 0.4) is 0 Å². The second-order valence-electron chi connectivity index (χ2n) is 9.36. The van der Waals surface area contributed by atoms with Gasteiger partial charge in [-0.25, -0.2) is 4.98 Å². The minimum Gasteiger partial charge on any atom is -0.345 e. The highest BCUT2D eigenvalue weighted by molar-refractivity contribution is 7.19. The topological polar surface area (TPSA) is 94.6 Å². The first kappa shape index (κ1) is 26.5. The van der Waals surface area contributed by atoms with Crippen LogP contribution in [-0.4, -0.2) is 65.7 Å². The largest absolute Gasteiger partial charge is 0.345 e. The van der Waals surface area contributed by atoms with Crippen molar-refractivity contribution in [3.63, 3.8) is 0 Å². The van der Waals surface area contributed by atoms with Gasteiger partial charge in [0.25, 0.3) is 0 Å². The molecule has 1 saturated heterocycles. The fraction of sp³-hybridized carbons (Fsp3) is 0.357. The second kappa shape index (κ2) is 12.1. The number of anilines is 1. The molecule has 194 valence electrons. The lowest BCUT2D eigenvalue weighted by Gasteiger charge is -2.32. The Morgan fingerprint density at radius 3 is 2.54 bits per heavy atom. The van der Waals surface area contributed by atoms with Gasteiger partial charge in [-0.05, 0) is 61.7 Å². The smallest absolute Gasteiger partial charge is 0.244 e. The van der Waals surface area contributed by atoms with Gasteiger partial charge < -0.3 is 20.4 Å². The van der Waals surface area contributed by atoms with Crippen LogP contribution in [0, 0.1) is 6.92 Å². The van der Waals surface area contributed by atoms with Crippen molar-refractivity contribution in [2.75, 3.05) is 38.5 Å². The summed E-state index contributed by atoms with van der Waals surface area (Å²) in [5.74, 6) is -0.0192. The number of aryl methyl sites for hydroxylation is 1. The van der Waals surface area contributed by atoms with Crippen LogP contribution in [0.4, 0.5) is 5.82 Å². The normalized spacial score (nSPS) is 15.2. The third kappa shape index (κ3) is 7.02. The Morgan fingerprint density at radius 2 is 1.84 bits per heavy atom. The van der Waals surface area contributed by atoms with Gasteiger partial charge in [-0.3, -0.25) is 14.4 Å². The lowest BCUT2D eigenvalue weighted by Crippen LogP contribution is -2.47. The van der Waals surface area contributed by atoms with Crippen molar-refractivity contribution in [3.8, 4) is 0 Å². The van der Waals surface area contributed by atoms with Crippen LogP contribution >= 0.6 is 11.3 Å². The molecular formula is C28H33N5O3S. The van der Waals surface area contributed by atoms with Crippen molar-refractivity contribution in [1.29, 1.82) is 0 Å². The molecule has 3 heterocycles. The zero-order valence-corrected chi connectivity index (χ0v) is 22.3. The highest BCUT2D eigenvalue weighted by Crippen LogP contribution is 2.34. The number of carbonyl (C=O) groups excluding carboxylic acids is 3. The van der Waals surface area contributed by atoms with Crippen LogP contribution in [0.5, 0.6) is 0 Å². The molecule has 9 heteroatoms. The molecule has 0 spiro atoms. The standard InChI is InChI=1S/C28H33N5O3S/c1-19-22-6-4-5-7-23(22)37-28(19)20(2)30-25(34)11-9-21-8-10-24(29-18-21)31-26(35)12-13-27(36)33-16-14-32(3)15-17-33/h4-11,18,20H,12-17H2,1-3H3,(H,30,34)(H,29,31,35)/b11-9+. The molecule has 2 N–H and O–H groups in total. The maximum Gasteiger partial charge on any atom is 0.244 e. The fourth-order valence-corrected chi connectivity index (χ4v) is 5.54. The van der Waals surface area contributed by atoms with Crippen molar-refractivity contribution in [1.82, 2.24) is 20.1 Å². The van der Waals surface area contributed by atoms with Gasteiger partial charge in [-0.2, -0.15) is 0 Å². The molecule has 1 aliphatic heterocycles. The Morgan fingerprint density at radius 1 is 1.08 bits per heavy atom. The molecule has 1 unspecified atom stereocenters. The summed E-state index contributed by atoms with van der Waals surface area (Å²) in [6, 6.07) is 11.6. The molecule has 8 nitrogen and oxygen atoms in total. The van der Waals surface area contributed by atoms with E-state index in [2.05, 4.69) is 39.6 Å². The number of hydrogen-bond donors (Lipinski definition) is 2. The molecule has 1 aliphatic rings. The first-order valence-electron chi connectivity index (χ1n) is 12.5. The molecule has 0 bridgehead atoms. The van der Waals surface area contributed by atoms with Gasteiger partial charge in [0.2, 0.25) is 17.7 Å². The summed E-state index contributed by atoms with van der Waals surface area (Å²) < 4.78 is 1.21. The Balaban J connectivity index is 1.23. The zero-order valence-electron chi connectivity index (χ0n) is 21.5. The van der Waals surface area contributed by atoms with E-state index in [1.165, 1.54) is 21.7 Å². The number of amides is 3. The van der Waals surface area contributed by atoms with E-state index in [-0.39, 0.29) is 36.6 Å². The summed E-state index contributed by atoms with van der Waals surface area (Å²) in [5.41, 5.74) is 1.94. The fourth-order valence-electron chi connectivity index (χ4n) is 4.32. The van der Waals surface area contributed by atoms with Gasteiger partial charge in [0, 0.05) is 60.9 Å². The zero-order chi connectivity index (χ0) is 26.4. The molecular weight excluding hydrogens is 486 g/mol. The summed E-state index contributed by atoms with van der Waals surface area (Å²) in [4.78, 5) is 46.5. The van der Waals surface area contributed by atoms with Gasteiger partial charge in [0.05, 0.1) is 6.04 Å². The number of nitrogens with zero attached hydrogens (tertiary/aromatic N) is 3. The highest BCUT2D eigenvalue weighted by atomic mass is 32.1. The quantitative estimate of drug-likeness (QED) is 0.439. The van der Waals surface area contributed by atoms with Crippen molar-refractivity contribution < 1.29 is 14.4 Å². The molecule has 0 aliphatic carbocycles. The van der Waals surface area contributed by atoms with Crippen LogP contribution in [0.15, 0.2) is 48.7 Å². The Labute approximate surface area is 221 Å². The molecule has 0 radical (unpaired) electrons. The van der Waals surface area contributed by atoms with Crippen LogP contribution in [-0.2, 0) is 14.4 Å². The van der Waals surface area contributed by atoms with Crippen LogP contribution < -0.4 is 10.6 Å². The Bertz CT molecular complexity index is 1290. The maximum atomic E-state index is 12.5. The predicted octanol–water partition coefficient (Wildman–Crippen LogP) is 3.99. The minimum absolute atomic E-state index is 0.00630. The second-order valence-corrected chi connectivity index (χ2v) is 10.4. The average molecular weight is 520 g/mol. The highest BCUT2D eigenvalue weighted by Gasteiger charge is 2.19. The number of rotatable bonds is 8. The van der Waals surface area contributed by atoms with Crippen LogP contribution in [0.2, 0.25) is 0 Å². The number of aromatic nitrogens is 1. The van der Waals surface area contributed by atoms with Crippen molar-refractivity contribution in [3.05, 3.63) is 64.7 Å². The lowest BCUT2D eigenvalue weighted by atomic mass is 10.1. The number of thiophene rings is 1. The SMILES string of the molecule is Cc1c(C(C)NC(=O)/C=C/c2ccc(NC(=O)CCC(=O)N3CCN(C)CC3)nc2)sc2ccccc12. The van der Waals surface area contributed by atoms with Crippen molar-refractivity contribution in [2.24, 2.45) is 0 Å². The van der Waals surface area contributed by atoms with Gasteiger partial charge >= 0.3 is 0 Å². The van der Waals surface area contributed by atoms with Gasteiger partial charge in [0.1, 0.15) is 5.82 Å². The van der Waals surface area contributed by atoms with E-state index in [0.29, 0.717) is 18.9 Å². The van der Waals surface area contributed by atoms with Gasteiger partial charge in [-0.15, -0.1) is 11.3 Å². The molecule has 1 atom stereocenters. The summed E-state index contributed by atoms with van der Waals surface area (Å²) in [6.45, 7) is 7.19. The lowest BCUT2D eigenvalue weighted by molar-refractivity contribution is -0.134. The van der Waals surface area contributed by atoms with E-state index < -0.39 is 0 Å². The number of hydrogen-bond acceptors (Lipinski definition) is 6. The number of carbonyl (C=O) groups is 3. The number of likely N-dealkylation sites (N-methyl/N-ethyl adjacent to an activating group) is 1. The van der Waals surface area contributed by atoms with E-state index in [4.69, 9.17) is 0 Å². The Kier molecular flexibility index (Phi) is 8.68. The van der Waals surface area contributed by atoms with E-state index >= 15 is 0 Å². The number of nitrogens with one attached hydrogen (secondary N) is 2. The Hall–Kier alpha value is -3.56. The monoisotopic (exact) mass is 519 g/mol. The molecule has 2 aromatic heterocycles. The van der Waals surface area contributed by atoms with Crippen LogP contribution in [0.25, 0.3) is 16.2 Å². The molecule has 1 fully saturated rings. The number of pyridine rings is 1. The number of piperazine rings is 1. The summed E-state index contributed by atoms with van der Waals surface area (Å²) in [5, 5.41) is 6.98. The van der Waals surface area contributed by atoms with E-state index in [9.17, 15) is 14.4 Å². The van der Waals surface area contributed by atoms with E-state index in [0.717, 1.165) is 23.5 Å². The first-order valence-corrected chi connectivity index (χ1v) is 13.3. The number of fused-ring (bicyclic) bond motifs is 1. The van der Waals surface area contributed by atoms with Crippen molar-refractivity contribution >= 4 is 51.0 Å². The minimum atomic E-state index is -0.247.